The van der Waals surface area contributed by atoms with Crippen LogP contribution in [0.2, 0.25) is 0 Å². The Kier molecular flexibility index (Phi) is 3.65. The summed E-state index contributed by atoms with van der Waals surface area (Å²) in [6.07, 6.45) is 5.07. The summed E-state index contributed by atoms with van der Waals surface area (Å²) in [5.41, 5.74) is 9.15. The van der Waals surface area contributed by atoms with Gasteiger partial charge >= 0.3 is 0 Å². The molecule has 1 nitrogen and oxygen atoms in total. The minimum absolute atomic E-state index is 0.353. The Labute approximate surface area is 99.0 Å². The quantitative estimate of drug-likeness (QED) is 0.826. The lowest BCUT2D eigenvalue weighted by Crippen LogP contribution is -2.31. The van der Waals surface area contributed by atoms with E-state index in [9.17, 15) is 0 Å². The van der Waals surface area contributed by atoms with E-state index in [0.29, 0.717) is 6.04 Å². The van der Waals surface area contributed by atoms with Gasteiger partial charge in [-0.1, -0.05) is 37.6 Å². The molecule has 1 aromatic carbocycles. The Hall–Kier alpha value is -0.820. The van der Waals surface area contributed by atoms with Gasteiger partial charge in [0.2, 0.25) is 0 Å². The predicted molar refractivity (Wildman–Crippen MR) is 69.4 cm³/mol. The van der Waals surface area contributed by atoms with Crippen LogP contribution in [0.4, 0.5) is 0 Å². The van der Waals surface area contributed by atoms with Crippen molar-refractivity contribution in [3.8, 4) is 0 Å². The van der Waals surface area contributed by atoms with Gasteiger partial charge in [-0.05, 0) is 49.1 Å². The number of hydrogen-bond acceptors (Lipinski definition) is 1. The first-order valence-electron chi connectivity index (χ1n) is 6.47. The molecule has 1 aromatic rings. The van der Waals surface area contributed by atoms with E-state index < -0.39 is 0 Å². The van der Waals surface area contributed by atoms with E-state index in [1.54, 1.807) is 0 Å². The Balaban J connectivity index is 1.97. The van der Waals surface area contributed by atoms with Gasteiger partial charge in [0.15, 0.2) is 0 Å². The third-order valence-corrected chi connectivity index (χ3v) is 4.06. The van der Waals surface area contributed by atoms with Crippen molar-refractivity contribution < 1.29 is 0 Å². The zero-order valence-electron chi connectivity index (χ0n) is 10.4. The largest absolute Gasteiger partial charge is 0.327 e. The monoisotopic (exact) mass is 217 g/mol. The predicted octanol–water partition coefficient (Wildman–Crippen LogP) is 3.30. The Morgan fingerprint density at radius 3 is 2.69 bits per heavy atom. The molecule has 2 N–H and O–H groups in total. The smallest absolute Gasteiger partial charge is 0.0108 e. The Morgan fingerprint density at radius 2 is 2.06 bits per heavy atom. The minimum atomic E-state index is 0.353. The summed E-state index contributed by atoms with van der Waals surface area (Å²) < 4.78 is 0. The highest BCUT2D eigenvalue weighted by molar-refractivity contribution is 5.26. The number of aryl methyl sites for hydroxylation is 1. The first-order valence-corrected chi connectivity index (χ1v) is 6.47. The molecule has 3 atom stereocenters. The van der Waals surface area contributed by atoms with E-state index in [-0.39, 0.29) is 0 Å². The van der Waals surface area contributed by atoms with Crippen molar-refractivity contribution in [2.24, 2.45) is 17.6 Å². The summed E-state index contributed by atoms with van der Waals surface area (Å²) in [5, 5.41) is 0. The molecular formula is C15H23N. The molecule has 1 heteroatoms. The summed E-state index contributed by atoms with van der Waals surface area (Å²) in [6, 6.07) is 8.97. The molecule has 0 amide bonds. The standard InChI is InChI=1S/C15H23N/c1-11-7-8-14(9-11)15(16)10-13-6-4-3-5-12(13)2/h3-6,11,14-15H,7-10,16H2,1-2H3. The number of hydrogen-bond donors (Lipinski definition) is 1. The van der Waals surface area contributed by atoms with Crippen molar-refractivity contribution in [2.75, 3.05) is 0 Å². The first kappa shape index (κ1) is 11.7. The lowest BCUT2D eigenvalue weighted by molar-refractivity contribution is 0.415. The van der Waals surface area contributed by atoms with Gasteiger partial charge in [0.05, 0.1) is 0 Å². The van der Waals surface area contributed by atoms with E-state index >= 15 is 0 Å². The van der Waals surface area contributed by atoms with Crippen LogP contribution in [-0.2, 0) is 6.42 Å². The van der Waals surface area contributed by atoms with Crippen LogP contribution in [-0.4, -0.2) is 6.04 Å². The lowest BCUT2D eigenvalue weighted by Gasteiger charge is -2.20. The fourth-order valence-electron chi connectivity index (χ4n) is 2.90. The molecule has 1 aliphatic rings. The van der Waals surface area contributed by atoms with Gasteiger partial charge in [0, 0.05) is 6.04 Å². The Bertz CT molecular complexity index is 345. The highest BCUT2D eigenvalue weighted by Crippen LogP contribution is 2.33. The normalized spacial score (nSPS) is 26.9. The van der Waals surface area contributed by atoms with Gasteiger partial charge in [0.1, 0.15) is 0 Å². The molecule has 2 rings (SSSR count). The van der Waals surface area contributed by atoms with Gasteiger partial charge in [-0.15, -0.1) is 0 Å². The number of benzene rings is 1. The molecule has 1 fully saturated rings. The van der Waals surface area contributed by atoms with E-state index in [1.807, 2.05) is 0 Å². The second-order valence-corrected chi connectivity index (χ2v) is 5.47. The zero-order valence-corrected chi connectivity index (χ0v) is 10.4. The molecular weight excluding hydrogens is 194 g/mol. The van der Waals surface area contributed by atoms with E-state index in [4.69, 9.17) is 5.73 Å². The van der Waals surface area contributed by atoms with Crippen molar-refractivity contribution in [3.05, 3.63) is 35.4 Å². The summed E-state index contributed by atoms with van der Waals surface area (Å²) in [7, 11) is 0. The topological polar surface area (TPSA) is 26.0 Å². The van der Waals surface area contributed by atoms with Crippen LogP contribution in [0.3, 0.4) is 0 Å². The van der Waals surface area contributed by atoms with E-state index in [0.717, 1.165) is 18.3 Å². The van der Waals surface area contributed by atoms with E-state index in [2.05, 4.69) is 38.1 Å². The molecule has 1 aliphatic carbocycles. The van der Waals surface area contributed by atoms with Crippen molar-refractivity contribution >= 4 is 0 Å². The zero-order chi connectivity index (χ0) is 11.5. The Morgan fingerprint density at radius 1 is 1.31 bits per heavy atom. The van der Waals surface area contributed by atoms with Gasteiger partial charge in [-0.3, -0.25) is 0 Å². The van der Waals surface area contributed by atoms with Crippen molar-refractivity contribution in [1.82, 2.24) is 0 Å². The average Bonchev–Trinajstić information content (AvgIpc) is 2.68. The van der Waals surface area contributed by atoms with Gasteiger partial charge in [0.25, 0.3) is 0 Å². The molecule has 1 saturated carbocycles. The van der Waals surface area contributed by atoms with Crippen LogP contribution in [0.1, 0.15) is 37.3 Å². The SMILES string of the molecule is Cc1ccccc1CC(N)C1CCC(C)C1. The molecule has 88 valence electrons. The maximum atomic E-state index is 6.34. The number of rotatable bonds is 3. The minimum Gasteiger partial charge on any atom is -0.327 e. The lowest BCUT2D eigenvalue weighted by atomic mass is 9.91. The molecule has 0 radical (unpaired) electrons. The van der Waals surface area contributed by atoms with Crippen molar-refractivity contribution in [2.45, 2.75) is 45.6 Å². The summed E-state index contributed by atoms with van der Waals surface area (Å²) in [5.74, 6) is 1.63. The molecule has 0 bridgehead atoms. The maximum Gasteiger partial charge on any atom is 0.0108 e. The molecule has 0 aliphatic heterocycles. The van der Waals surface area contributed by atoms with Crippen LogP contribution < -0.4 is 5.73 Å². The van der Waals surface area contributed by atoms with Crippen LogP contribution in [0, 0.1) is 18.8 Å². The van der Waals surface area contributed by atoms with Gasteiger partial charge < -0.3 is 5.73 Å². The second-order valence-electron chi connectivity index (χ2n) is 5.47. The highest BCUT2D eigenvalue weighted by Gasteiger charge is 2.26. The summed E-state index contributed by atoms with van der Waals surface area (Å²) >= 11 is 0. The van der Waals surface area contributed by atoms with Crippen molar-refractivity contribution in [3.63, 3.8) is 0 Å². The molecule has 0 aromatic heterocycles. The second kappa shape index (κ2) is 5.01. The average molecular weight is 217 g/mol. The van der Waals surface area contributed by atoms with Crippen LogP contribution >= 0.6 is 0 Å². The molecule has 0 saturated heterocycles. The molecule has 16 heavy (non-hydrogen) atoms. The molecule has 0 heterocycles. The van der Waals surface area contributed by atoms with Crippen LogP contribution in [0.5, 0.6) is 0 Å². The third-order valence-electron chi connectivity index (χ3n) is 4.06. The number of nitrogens with two attached hydrogens (primary N) is 1. The fourth-order valence-corrected chi connectivity index (χ4v) is 2.90. The van der Waals surface area contributed by atoms with Crippen LogP contribution in [0.15, 0.2) is 24.3 Å². The summed E-state index contributed by atoms with van der Waals surface area (Å²) in [6.45, 7) is 4.53. The van der Waals surface area contributed by atoms with Gasteiger partial charge in [-0.25, -0.2) is 0 Å². The first-order chi connectivity index (χ1) is 7.66. The van der Waals surface area contributed by atoms with Crippen molar-refractivity contribution in [1.29, 1.82) is 0 Å². The third kappa shape index (κ3) is 2.65. The molecule has 3 unspecified atom stereocenters. The van der Waals surface area contributed by atoms with E-state index in [1.165, 1.54) is 30.4 Å². The highest BCUT2D eigenvalue weighted by atomic mass is 14.7. The summed E-state index contributed by atoms with van der Waals surface area (Å²) in [4.78, 5) is 0. The van der Waals surface area contributed by atoms with Gasteiger partial charge in [-0.2, -0.15) is 0 Å². The van der Waals surface area contributed by atoms with Crippen LogP contribution in [0.25, 0.3) is 0 Å². The maximum absolute atomic E-state index is 6.34. The fraction of sp³-hybridized carbons (Fsp3) is 0.600. The molecule has 0 spiro atoms.